The predicted molar refractivity (Wildman–Crippen MR) is 74.1 cm³/mol. The lowest BCUT2D eigenvalue weighted by atomic mass is 9.82. The molecule has 1 atom stereocenters. The summed E-state index contributed by atoms with van der Waals surface area (Å²) in [4.78, 5) is 11.8. The number of aliphatic hydroxyl groups is 1. The fourth-order valence-electron chi connectivity index (χ4n) is 2.34. The Morgan fingerprint density at radius 2 is 2.05 bits per heavy atom. The molecule has 0 spiro atoms. The third kappa shape index (κ3) is 2.69. The van der Waals surface area contributed by atoms with Crippen LogP contribution in [-0.4, -0.2) is 23.2 Å². The van der Waals surface area contributed by atoms with E-state index in [0.29, 0.717) is 18.4 Å². The van der Waals surface area contributed by atoms with Crippen molar-refractivity contribution in [3.63, 3.8) is 0 Å². The SMILES string of the molecule is NC(=O)C1(CCc2ccccc2)NC=CC=C1CO. The first-order valence-electron chi connectivity index (χ1n) is 6.27. The number of benzene rings is 1. The van der Waals surface area contributed by atoms with Gasteiger partial charge < -0.3 is 16.2 Å². The Morgan fingerprint density at radius 1 is 1.32 bits per heavy atom. The second kappa shape index (κ2) is 5.71. The monoisotopic (exact) mass is 258 g/mol. The number of nitrogens with two attached hydrogens (primary N) is 1. The van der Waals surface area contributed by atoms with Gasteiger partial charge in [0.2, 0.25) is 5.91 Å². The van der Waals surface area contributed by atoms with Crippen molar-refractivity contribution in [3.05, 3.63) is 59.8 Å². The maximum atomic E-state index is 11.8. The molecule has 0 aromatic heterocycles. The number of aryl methyl sites for hydroxylation is 1. The van der Waals surface area contributed by atoms with Crippen molar-refractivity contribution < 1.29 is 9.90 Å². The Balaban J connectivity index is 2.19. The van der Waals surface area contributed by atoms with E-state index in [1.165, 1.54) is 0 Å². The average Bonchev–Trinajstić information content (AvgIpc) is 2.46. The van der Waals surface area contributed by atoms with Crippen LogP contribution < -0.4 is 11.1 Å². The van der Waals surface area contributed by atoms with E-state index in [2.05, 4.69) is 5.32 Å². The molecule has 1 heterocycles. The lowest BCUT2D eigenvalue weighted by Gasteiger charge is -2.35. The Labute approximate surface area is 112 Å². The fourth-order valence-corrected chi connectivity index (χ4v) is 2.34. The smallest absolute Gasteiger partial charge is 0.247 e. The molecule has 1 aliphatic rings. The number of aliphatic hydroxyl groups excluding tert-OH is 1. The first-order valence-corrected chi connectivity index (χ1v) is 6.27. The van der Waals surface area contributed by atoms with Gasteiger partial charge >= 0.3 is 0 Å². The minimum atomic E-state index is -0.987. The molecular weight excluding hydrogens is 240 g/mol. The fraction of sp³-hybridized carbons (Fsp3) is 0.267. The number of dihydropyridines is 1. The van der Waals surface area contributed by atoms with Crippen LogP contribution in [0.2, 0.25) is 0 Å². The number of amides is 1. The van der Waals surface area contributed by atoms with E-state index >= 15 is 0 Å². The van der Waals surface area contributed by atoms with Crippen molar-refractivity contribution in [1.29, 1.82) is 0 Å². The van der Waals surface area contributed by atoms with Crippen molar-refractivity contribution in [1.82, 2.24) is 5.32 Å². The van der Waals surface area contributed by atoms with Gasteiger partial charge in [-0.25, -0.2) is 0 Å². The molecule has 19 heavy (non-hydrogen) atoms. The van der Waals surface area contributed by atoms with Gasteiger partial charge in [0.05, 0.1) is 6.61 Å². The summed E-state index contributed by atoms with van der Waals surface area (Å²) in [5.74, 6) is -0.465. The maximum Gasteiger partial charge on any atom is 0.247 e. The van der Waals surface area contributed by atoms with Crippen molar-refractivity contribution >= 4 is 5.91 Å². The second-order valence-corrected chi connectivity index (χ2v) is 4.61. The highest BCUT2D eigenvalue weighted by molar-refractivity contribution is 5.89. The Kier molecular flexibility index (Phi) is 4.02. The summed E-state index contributed by atoms with van der Waals surface area (Å²) in [6, 6.07) is 9.89. The van der Waals surface area contributed by atoms with Crippen LogP contribution in [0.1, 0.15) is 12.0 Å². The first-order chi connectivity index (χ1) is 9.19. The number of nitrogens with one attached hydrogen (secondary N) is 1. The summed E-state index contributed by atoms with van der Waals surface area (Å²) in [6.07, 6.45) is 6.42. The van der Waals surface area contributed by atoms with Gasteiger partial charge in [-0.05, 0) is 36.3 Å². The third-order valence-corrected chi connectivity index (χ3v) is 3.49. The molecule has 4 nitrogen and oxygen atoms in total. The molecule has 1 unspecified atom stereocenters. The van der Waals surface area contributed by atoms with E-state index in [9.17, 15) is 9.90 Å². The third-order valence-electron chi connectivity index (χ3n) is 3.49. The quantitative estimate of drug-likeness (QED) is 0.734. The van der Waals surface area contributed by atoms with Crippen molar-refractivity contribution in [2.75, 3.05) is 6.61 Å². The van der Waals surface area contributed by atoms with Crippen LogP contribution >= 0.6 is 0 Å². The van der Waals surface area contributed by atoms with Crippen LogP contribution in [0.3, 0.4) is 0 Å². The number of primary amides is 1. The summed E-state index contributed by atoms with van der Waals surface area (Å²) < 4.78 is 0. The molecule has 1 aromatic rings. The zero-order valence-electron chi connectivity index (χ0n) is 10.7. The molecule has 0 fully saturated rings. The molecule has 1 aromatic carbocycles. The van der Waals surface area contributed by atoms with Gasteiger partial charge in [-0.15, -0.1) is 0 Å². The zero-order chi connectivity index (χ0) is 13.7. The van der Waals surface area contributed by atoms with Gasteiger partial charge in [0.15, 0.2) is 0 Å². The number of rotatable bonds is 5. The Bertz CT molecular complexity index is 508. The minimum Gasteiger partial charge on any atom is -0.392 e. The highest BCUT2D eigenvalue weighted by Crippen LogP contribution is 2.25. The predicted octanol–water partition coefficient (Wildman–Crippen LogP) is 0.879. The average molecular weight is 258 g/mol. The number of carbonyl (C=O) groups excluding carboxylic acids is 1. The van der Waals surface area contributed by atoms with E-state index in [4.69, 9.17) is 5.73 Å². The molecule has 0 saturated carbocycles. The lowest BCUT2D eigenvalue weighted by molar-refractivity contribution is -0.123. The summed E-state index contributed by atoms with van der Waals surface area (Å²) in [6.45, 7) is -0.185. The summed E-state index contributed by atoms with van der Waals surface area (Å²) in [5.41, 5.74) is 6.30. The van der Waals surface area contributed by atoms with E-state index in [-0.39, 0.29) is 6.61 Å². The number of hydrogen-bond acceptors (Lipinski definition) is 3. The van der Waals surface area contributed by atoms with Gasteiger partial charge in [0, 0.05) is 0 Å². The van der Waals surface area contributed by atoms with E-state index in [1.54, 1.807) is 18.4 Å². The highest BCUT2D eigenvalue weighted by atomic mass is 16.3. The summed E-state index contributed by atoms with van der Waals surface area (Å²) >= 11 is 0. The summed E-state index contributed by atoms with van der Waals surface area (Å²) in [5, 5.41) is 12.4. The van der Waals surface area contributed by atoms with Gasteiger partial charge in [-0.3, -0.25) is 4.79 Å². The van der Waals surface area contributed by atoms with Gasteiger partial charge in [0.25, 0.3) is 0 Å². The van der Waals surface area contributed by atoms with Crippen molar-refractivity contribution in [2.24, 2.45) is 5.73 Å². The van der Waals surface area contributed by atoms with Crippen LogP contribution in [0.5, 0.6) is 0 Å². The first kappa shape index (κ1) is 13.4. The number of hydrogen-bond donors (Lipinski definition) is 3. The molecule has 1 amide bonds. The molecule has 100 valence electrons. The standard InChI is InChI=1S/C15H18N2O2/c16-14(19)15(13(11-18)7-4-10-17-15)9-8-12-5-2-1-3-6-12/h1-7,10,17-18H,8-9,11H2,(H2,16,19). The van der Waals surface area contributed by atoms with Crippen LogP contribution in [0.15, 0.2) is 54.3 Å². The molecule has 4 N–H and O–H groups in total. The minimum absolute atomic E-state index is 0.185. The Hall–Kier alpha value is -2.07. The Morgan fingerprint density at radius 3 is 2.68 bits per heavy atom. The van der Waals surface area contributed by atoms with Crippen LogP contribution in [0.4, 0.5) is 0 Å². The molecule has 2 rings (SSSR count). The molecule has 4 heteroatoms. The maximum absolute atomic E-state index is 11.8. The van der Waals surface area contributed by atoms with Gasteiger partial charge in [-0.2, -0.15) is 0 Å². The zero-order valence-corrected chi connectivity index (χ0v) is 10.7. The van der Waals surface area contributed by atoms with Gasteiger partial charge in [0.1, 0.15) is 5.54 Å². The molecule has 0 saturated heterocycles. The van der Waals surface area contributed by atoms with Crippen LogP contribution in [-0.2, 0) is 11.2 Å². The van der Waals surface area contributed by atoms with E-state index in [1.807, 2.05) is 30.3 Å². The molecule has 0 radical (unpaired) electrons. The molecule has 1 aliphatic heterocycles. The van der Waals surface area contributed by atoms with E-state index in [0.717, 1.165) is 5.56 Å². The van der Waals surface area contributed by atoms with Crippen molar-refractivity contribution in [3.8, 4) is 0 Å². The van der Waals surface area contributed by atoms with Crippen molar-refractivity contribution in [2.45, 2.75) is 18.4 Å². The number of allylic oxidation sites excluding steroid dienone is 2. The van der Waals surface area contributed by atoms with Gasteiger partial charge in [-0.1, -0.05) is 36.4 Å². The molecular formula is C15H18N2O2. The highest BCUT2D eigenvalue weighted by Gasteiger charge is 2.39. The normalized spacial score (nSPS) is 21.6. The molecule has 0 aliphatic carbocycles. The molecule has 0 bridgehead atoms. The number of carbonyl (C=O) groups is 1. The van der Waals surface area contributed by atoms with Crippen LogP contribution in [0, 0.1) is 0 Å². The summed E-state index contributed by atoms with van der Waals surface area (Å²) in [7, 11) is 0. The second-order valence-electron chi connectivity index (χ2n) is 4.61. The lowest BCUT2D eigenvalue weighted by Crippen LogP contribution is -2.56. The topological polar surface area (TPSA) is 75.4 Å². The van der Waals surface area contributed by atoms with Crippen LogP contribution in [0.25, 0.3) is 0 Å². The largest absolute Gasteiger partial charge is 0.392 e. The van der Waals surface area contributed by atoms with E-state index < -0.39 is 11.4 Å².